The number of rotatable bonds is 2. The first-order valence-corrected chi connectivity index (χ1v) is 4.12. The molecule has 0 unspecified atom stereocenters. The van der Waals surface area contributed by atoms with Crippen LogP contribution in [0, 0.1) is 18.3 Å². The molecule has 0 aromatic heterocycles. The third-order valence-electron chi connectivity index (χ3n) is 1.74. The summed E-state index contributed by atoms with van der Waals surface area (Å²) in [7, 11) is 0. The molecule has 0 aliphatic rings. The number of amides is 1. The number of hydrogen-bond acceptors (Lipinski definition) is 2. The largest absolute Gasteiger partial charge is 0.365 e. The molecule has 0 spiro atoms. The molecule has 1 aromatic rings. The van der Waals surface area contributed by atoms with Crippen molar-refractivity contribution >= 4 is 12.0 Å². The number of nitrogens with two attached hydrogens (primary N) is 1. The first-order chi connectivity index (χ1) is 6.63. The van der Waals surface area contributed by atoms with Crippen LogP contribution < -0.4 is 5.73 Å². The van der Waals surface area contributed by atoms with Crippen molar-refractivity contribution < 1.29 is 4.79 Å². The van der Waals surface area contributed by atoms with E-state index in [-0.39, 0.29) is 5.57 Å². The molecule has 2 N–H and O–H groups in total. The minimum atomic E-state index is -0.700. The highest BCUT2D eigenvalue weighted by atomic mass is 16.1. The Kier molecular flexibility index (Phi) is 3.03. The van der Waals surface area contributed by atoms with Crippen LogP contribution in [-0.4, -0.2) is 5.91 Å². The molecule has 0 atom stereocenters. The van der Waals surface area contributed by atoms with Crippen LogP contribution in [0.25, 0.3) is 6.08 Å². The lowest BCUT2D eigenvalue weighted by Crippen LogP contribution is -2.12. The minimum Gasteiger partial charge on any atom is -0.365 e. The topological polar surface area (TPSA) is 66.9 Å². The van der Waals surface area contributed by atoms with Crippen molar-refractivity contribution in [3.05, 3.63) is 41.0 Å². The van der Waals surface area contributed by atoms with E-state index in [0.29, 0.717) is 0 Å². The van der Waals surface area contributed by atoms with Gasteiger partial charge in [0.05, 0.1) is 0 Å². The molecule has 0 radical (unpaired) electrons. The van der Waals surface area contributed by atoms with Gasteiger partial charge in [-0.3, -0.25) is 4.79 Å². The summed E-state index contributed by atoms with van der Waals surface area (Å²) < 4.78 is 0. The van der Waals surface area contributed by atoms with Crippen LogP contribution in [0.3, 0.4) is 0 Å². The molecule has 14 heavy (non-hydrogen) atoms. The molecular formula is C11H10N2O. The Bertz CT molecular complexity index is 427. The lowest BCUT2D eigenvalue weighted by atomic mass is 10.1. The lowest BCUT2D eigenvalue weighted by molar-refractivity contribution is -0.114. The van der Waals surface area contributed by atoms with Gasteiger partial charge in [-0.2, -0.15) is 5.26 Å². The predicted octanol–water partition coefficient (Wildman–Crippen LogP) is 1.39. The zero-order valence-electron chi connectivity index (χ0n) is 7.82. The number of nitriles is 1. The van der Waals surface area contributed by atoms with Crippen LogP contribution in [0.5, 0.6) is 0 Å². The maximum absolute atomic E-state index is 10.8. The van der Waals surface area contributed by atoms with Crippen molar-refractivity contribution in [1.29, 1.82) is 5.26 Å². The molecule has 1 aromatic carbocycles. The fraction of sp³-hybridized carbons (Fsp3) is 0.0909. The predicted molar refractivity (Wildman–Crippen MR) is 54.0 cm³/mol. The number of aryl methyl sites for hydroxylation is 1. The molecule has 0 aliphatic carbocycles. The number of hydrogen-bond donors (Lipinski definition) is 1. The maximum Gasteiger partial charge on any atom is 0.259 e. The van der Waals surface area contributed by atoms with E-state index < -0.39 is 5.91 Å². The Morgan fingerprint density at radius 2 is 2.29 bits per heavy atom. The first kappa shape index (κ1) is 10.0. The summed E-state index contributed by atoms with van der Waals surface area (Å²) in [6, 6.07) is 9.24. The molecule has 1 amide bonds. The summed E-state index contributed by atoms with van der Waals surface area (Å²) >= 11 is 0. The fourth-order valence-electron chi connectivity index (χ4n) is 1.09. The molecule has 0 heterocycles. The summed E-state index contributed by atoms with van der Waals surface area (Å²) in [6.07, 6.45) is 1.48. The number of carbonyl (C=O) groups excluding carboxylic acids is 1. The summed E-state index contributed by atoms with van der Waals surface area (Å²) in [5.41, 5.74) is 6.85. The first-order valence-electron chi connectivity index (χ1n) is 4.12. The van der Waals surface area contributed by atoms with Gasteiger partial charge in [0.2, 0.25) is 0 Å². The Morgan fingerprint density at radius 1 is 1.57 bits per heavy atom. The second kappa shape index (κ2) is 4.24. The average Bonchev–Trinajstić information content (AvgIpc) is 2.14. The van der Waals surface area contributed by atoms with E-state index in [9.17, 15) is 4.79 Å². The molecule has 0 bridgehead atoms. The Hall–Kier alpha value is -2.08. The van der Waals surface area contributed by atoms with Gasteiger partial charge < -0.3 is 5.73 Å². The SMILES string of the molecule is Cc1cccc(/C=C(\C#N)C(N)=O)c1. The average molecular weight is 186 g/mol. The fourth-order valence-corrected chi connectivity index (χ4v) is 1.09. The van der Waals surface area contributed by atoms with Gasteiger partial charge in [-0.1, -0.05) is 29.8 Å². The van der Waals surface area contributed by atoms with Crippen LogP contribution in [0.4, 0.5) is 0 Å². The number of primary amides is 1. The van der Waals surface area contributed by atoms with E-state index in [1.165, 1.54) is 6.08 Å². The lowest BCUT2D eigenvalue weighted by Gasteiger charge is -1.96. The van der Waals surface area contributed by atoms with Crippen molar-refractivity contribution in [1.82, 2.24) is 0 Å². The van der Waals surface area contributed by atoms with Crippen molar-refractivity contribution in [2.45, 2.75) is 6.92 Å². The van der Waals surface area contributed by atoms with Gasteiger partial charge in [0, 0.05) is 0 Å². The summed E-state index contributed by atoms with van der Waals surface area (Å²) in [4.78, 5) is 10.8. The van der Waals surface area contributed by atoms with E-state index in [0.717, 1.165) is 11.1 Å². The Balaban J connectivity index is 3.08. The summed E-state index contributed by atoms with van der Waals surface area (Å²) in [6.45, 7) is 1.94. The Labute approximate surface area is 82.5 Å². The van der Waals surface area contributed by atoms with Crippen molar-refractivity contribution in [3.63, 3.8) is 0 Å². The van der Waals surface area contributed by atoms with E-state index >= 15 is 0 Å². The molecule has 70 valence electrons. The van der Waals surface area contributed by atoms with Crippen LogP contribution in [0.15, 0.2) is 29.8 Å². The monoisotopic (exact) mass is 186 g/mol. The van der Waals surface area contributed by atoms with Gasteiger partial charge in [-0.25, -0.2) is 0 Å². The van der Waals surface area contributed by atoms with Gasteiger partial charge in [0.25, 0.3) is 5.91 Å². The summed E-state index contributed by atoms with van der Waals surface area (Å²) in [5.74, 6) is -0.700. The zero-order chi connectivity index (χ0) is 10.6. The van der Waals surface area contributed by atoms with Crippen molar-refractivity contribution in [3.8, 4) is 6.07 Å². The molecule has 3 nitrogen and oxygen atoms in total. The number of benzene rings is 1. The molecular weight excluding hydrogens is 176 g/mol. The zero-order valence-corrected chi connectivity index (χ0v) is 7.82. The van der Waals surface area contributed by atoms with Gasteiger partial charge in [-0.05, 0) is 18.6 Å². The van der Waals surface area contributed by atoms with E-state index in [2.05, 4.69) is 0 Å². The van der Waals surface area contributed by atoms with E-state index in [4.69, 9.17) is 11.0 Å². The number of carbonyl (C=O) groups is 1. The van der Waals surface area contributed by atoms with Gasteiger partial charge in [0.15, 0.2) is 0 Å². The second-order valence-electron chi connectivity index (χ2n) is 2.95. The highest BCUT2D eigenvalue weighted by Gasteiger charge is 2.02. The number of nitrogens with zero attached hydrogens (tertiary/aromatic N) is 1. The van der Waals surface area contributed by atoms with Crippen molar-refractivity contribution in [2.24, 2.45) is 5.73 Å². The van der Waals surface area contributed by atoms with Crippen LogP contribution in [-0.2, 0) is 4.79 Å². The molecule has 1 rings (SSSR count). The van der Waals surface area contributed by atoms with Crippen LogP contribution >= 0.6 is 0 Å². The van der Waals surface area contributed by atoms with E-state index in [1.807, 2.05) is 31.2 Å². The Morgan fingerprint density at radius 3 is 2.79 bits per heavy atom. The molecule has 3 heteroatoms. The smallest absolute Gasteiger partial charge is 0.259 e. The highest BCUT2D eigenvalue weighted by molar-refractivity contribution is 6.00. The van der Waals surface area contributed by atoms with Crippen LogP contribution in [0.2, 0.25) is 0 Å². The second-order valence-corrected chi connectivity index (χ2v) is 2.95. The van der Waals surface area contributed by atoms with Crippen LogP contribution in [0.1, 0.15) is 11.1 Å². The molecule has 0 fully saturated rings. The normalized spacial score (nSPS) is 10.7. The minimum absolute atomic E-state index is 0.0319. The molecule has 0 saturated heterocycles. The van der Waals surface area contributed by atoms with E-state index in [1.54, 1.807) is 6.07 Å². The third kappa shape index (κ3) is 2.46. The maximum atomic E-state index is 10.8. The molecule has 0 saturated carbocycles. The highest BCUT2D eigenvalue weighted by Crippen LogP contribution is 2.08. The third-order valence-corrected chi connectivity index (χ3v) is 1.74. The van der Waals surface area contributed by atoms with Crippen molar-refractivity contribution in [2.75, 3.05) is 0 Å². The molecule has 0 aliphatic heterocycles. The standard InChI is InChI=1S/C11H10N2O/c1-8-3-2-4-9(5-8)6-10(7-12)11(13)14/h2-6H,1H3,(H2,13,14)/b10-6+. The quantitative estimate of drug-likeness (QED) is 0.560. The van der Waals surface area contributed by atoms with Gasteiger partial charge in [-0.15, -0.1) is 0 Å². The summed E-state index contributed by atoms with van der Waals surface area (Å²) in [5, 5.41) is 8.61. The van der Waals surface area contributed by atoms with Gasteiger partial charge in [0.1, 0.15) is 11.6 Å². The van der Waals surface area contributed by atoms with Gasteiger partial charge >= 0.3 is 0 Å².